The smallest absolute Gasteiger partial charge is 0.151 e. The van der Waals surface area contributed by atoms with Crippen molar-refractivity contribution in [3.05, 3.63) is 30.1 Å². The number of Topliss-reactive ketones (excluding diaryl/α,β-unsaturated/α-hetero) is 1. The van der Waals surface area contributed by atoms with Gasteiger partial charge in [0.2, 0.25) is 0 Å². The molecule has 62 valence electrons. The van der Waals surface area contributed by atoms with Gasteiger partial charge in [-0.05, 0) is 17.7 Å². The highest BCUT2D eigenvalue weighted by atomic mass is 32.2. The minimum absolute atomic E-state index is 0.0769. The van der Waals surface area contributed by atoms with E-state index in [-0.39, 0.29) is 5.25 Å². The lowest BCUT2D eigenvalue weighted by Crippen LogP contribution is -2.01. The Bertz CT molecular complexity index is 286. The number of carbonyl (C=O) groups is 1. The molecule has 0 amide bonds. The molecule has 12 heavy (non-hydrogen) atoms. The average Bonchev–Trinajstić information content (AvgIpc) is 2.53. The maximum absolute atomic E-state index is 11.3. The van der Waals surface area contributed by atoms with Gasteiger partial charge in [0.25, 0.3) is 0 Å². The number of pyridine rings is 1. The molecule has 2 nitrogen and oxygen atoms in total. The molecule has 1 aromatic heterocycles. The zero-order valence-corrected chi connectivity index (χ0v) is 7.38. The van der Waals surface area contributed by atoms with Crippen LogP contribution >= 0.6 is 11.8 Å². The Kier molecular flexibility index (Phi) is 2.13. The van der Waals surface area contributed by atoms with Gasteiger partial charge < -0.3 is 0 Å². The van der Waals surface area contributed by atoms with E-state index in [1.54, 1.807) is 24.2 Å². The Morgan fingerprint density at radius 3 is 2.75 bits per heavy atom. The van der Waals surface area contributed by atoms with Crippen LogP contribution in [-0.4, -0.2) is 16.5 Å². The third kappa shape index (κ3) is 1.37. The summed E-state index contributed by atoms with van der Waals surface area (Å²) in [7, 11) is 0. The molecular formula is C9H9NOS. The molecule has 0 bridgehead atoms. The van der Waals surface area contributed by atoms with Crippen LogP contribution in [0.25, 0.3) is 0 Å². The van der Waals surface area contributed by atoms with E-state index < -0.39 is 0 Å². The molecule has 0 spiro atoms. The Balaban J connectivity index is 2.25. The van der Waals surface area contributed by atoms with Crippen molar-refractivity contribution in [1.29, 1.82) is 0 Å². The number of nitrogens with zero attached hydrogens (tertiary/aromatic N) is 1. The van der Waals surface area contributed by atoms with Crippen molar-refractivity contribution in [2.24, 2.45) is 0 Å². The third-order valence-corrected chi connectivity index (χ3v) is 3.24. The molecule has 1 saturated heterocycles. The first-order chi connectivity index (χ1) is 5.88. The number of carbonyl (C=O) groups excluding carboxylic acids is 1. The van der Waals surface area contributed by atoms with E-state index in [9.17, 15) is 4.79 Å². The first kappa shape index (κ1) is 7.80. The highest BCUT2D eigenvalue weighted by Crippen LogP contribution is 2.36. The minimum Gasteiger partial charge on any atom is -0.298 e. The van der Waals surface area contributed by atoms with Gasteiger partial charge in [-0.1, -0.05) is 0 Å². The quantitative estimate of drug-likeness (QED) is 0.658. The molecule has 1 aromatic rings. The maximum Gasteiger partial charge on any atom is 0.151 e. The van der Waals surface area contributed by atoms with Crippen LogP contribution in [-0.2, 0) is 4.79 Å². The fraction of sp³-hybridized carbons (Fsp3) is 0.333. The van der Waals surface area contributed by atoms with Gasteiger partial charge in [-0.2, -0.15) is 0 Å². The van der Waals surface area contributed by atoms with Gasteiger partial charge in [-0.25, -0.2) is 0 Å². The summed E-state index contributed by atoms with van der Waals surface area (Å²) >= 11 is 1.73. The summed E-state index contributed by atoms with van der Waals surface area (Å²) in [6.07, 6.45) is 4.20. The Morgan fingerprint density at radius 1 is 1.42 bits per heavy atom. The normalized spacial score (nSPS) is 23.0. The molecule has 0 N–H and O–H groups in total. The van der Waals surface area contributed by atoms with Gasteiger partial charge in [0.1, 0.15) is 0 Å². The van der Waals surface area contributed by atoms with Gasteiger partial charge >= 0.3 is 0 Å². The number of rotatable bonds is 1. The van der Waals surface area contributed by atoms with E-state index in [0.29, 0.717) is 5.78 Å². The van der Waals surface area contributed by atoms with Gasteiger partial charge in [-0.3, -0.25) is 9.78 Å². The van der Waals surface area contributed by atoms with Crippen molar-refractivity contribution in [3.8, 4) is 0 Å². The average molecular weight is 179 g/mol. The van der Waals surface area contributed by atoms with Crippen molar-refractivity contribution in [2.75, 3.05) is 5.75 Å². The molecule has 1 unspecified atom stereocenters. The van der Waals surface area contributed by atoms with Crippen molar-refractivity contribution >= 4 is 17.5 Å². The van der Waals surface area contributed by atoms with E-state index in [4.69, 9.17) is 0 Å². The SMILES string of the molecule is O=C1CCSC1c1ccncc1. The van der Waals surface area contributed by atoms with E-state index >= 15 is 0 Å². The number of aromatic nitrogens is 1. The summed E-state index contributed by atoms with van der Waals surface area (Å²) < 4.78 is 0. The Morgan fingerprint density at radius 2 is 2.17 bits per heavy atom. The summed E-state index contributed by atoms with van der Waals surface area (Å²) in [5.41, 5.74) is 1.09. The number of hydrogen-bond acceptors (Lipinski definition) is 3. The summed E-state index contributed by atoms with van der Waals surface area (Å²) in [5.74, 6) is 1.32. The van der Waals surface area contributed by atoms with Crippen LogP contribution in [0.2, 0.25) is 0 Å². The second-order valence-corrected chi connectivity index (χ2v) is 3.96. The molecule has 1 fully saturated rings. The first-order valence-corrected chi connectivity index (χ1v) is 4.97. The van der Waals surface area contributed by atoms with Crippen LogP contribution in [0.3, 0.4) is 0 Å². The van der Waals surface area contributed by atoms with E-state index in [0.717, 1.165) is 17.7 Å². The van der Waals surface area contributed by atoms with Crippen LogP contribution < -0.4 is 0 Å². The third-order valence-electron chi connectivity index (χ3n) is 1.93. The highest BCUT2D eigenvalue weighted by molar-refractivity contribution is 8.00. The van der Waals surface area contributed by atoms with Crippen LogP contribution in [0.5, 0.6) is 0 Å². The number of hydrogen-bond donors (Lipinski definition) is 0. The van der Waals surface area contributed by atoms with E-state index in [1.807, 2.05) is 12.1 Å². The summed E-state index contributed by atoms with van der Waals surface area (Å²) in [6.45, 7) is 0. The van der Waals surface area contributed by atoms with Gasteiger partial charge in [0.15, 0.2) is 5.78 Å². The maximum atomic E-state index is 11.3. The van der Waals surface area contributed by atoms with Crippen LogP contribution in [0, 0.1) is 0 Å². The lowest BCUT2D eigenvalue weighted by molar-refractivity contribution is -0.117. The zero-order chi connectivity index (χ0) is 8.39. The molecule has 1 aliphatic heterocycles. The van der Waals surface area contributed by atoms with E-state index in [1.165, 1.54) is 0 Å². The second-order valence-electron chi connectivity index (χ2n) is 2.75. The fourth-order valence-electron chi connectivity index (χ4n) is 1.32. The molecule has 0 aliphatic carbocycles. The van der Waals surface area contributed by atoms with Gasteiger partial charge in [0, 0.05) is 24.6 Å². The van der Waals surface area contributed by atoms with Crippen LogP contribution in [0.15, 0.2) is 24.5 Å². The molecule has 2 heterocycles. The van der Waals surface area contributed by atoms with Crippen molar-refractivity contribution in [1.82, 2.24) is 4.98 Å². The fourth-order valence-corrected chi connectivity index (χ4v) is 2.53. The molecular weight excluding hydrogens is 170 g/mol. The summed E-state index contributed by atoms with van der Waals surface area (Å²) in [4.78, 5) is 15.3. The van der Waals surface area contributed by atoms with Crippen molar-refractivity contribution < 1.29 is 4.79 Å². The van der Waals surface area contributed by atoms with Crippen LogP contribution in [0.1, 0.15) is 17.2 Å². The number of ketones is 1. The predicted molar refractivity (Wildman–Crippen MR) is 49.1 cm³/mol. The summed E-state index contributed by atoms with van der Waals surface area (Å²) in [6, 6.07) is 3.84. The molecule has 1 aliphatic rings. The zero-order valence-electron chi connectivity index (χ0n) is 6.56. The number of thioether (sulfide) groups is 1. The molecule has 2 rings (SSSR count). The largest absolute Gasteiger partial charge is 0.298 e. The predicted octanol–water partition coefficient (Wildman–Crippen LogP) is 1.83. The summed E-state index contributed by atoms with van der Waals surface area (Å²) in [5, 5.41) is 0.0769. The monoisotopic (exact) mass is 179 g/mol. The molecule has 1 atom stereocenters. The highest BCUT2D eigenvalue weighted by Gasteiger charge is 2.26. The molecule has 3 heteroatoms. The van der Waals surface area contributed by atoms with Gasteiger partial charge in [0.05, 0.1) is 5.25 Å². The Hall–Kier alpha value is -0.830. The second kappa shape index (κ2) is 3.27. The van der Waals surface area contributed by atoms with Gasteiger partial charge in [-0.15, -0.1) is 11.8 Å². The first-order valence-electron chi connectivity index (χ1n) is 3.92. The van der Waals surface area contributed by atoms with Crippen molar-refractivity contribution in [3.63, 3.8) is 0 Å². The molecule has 0 aromatic carbocycles. The molecule has 0 saturated carbocycles. The Labute approximate surface area is 75.4 Å². The standard InChI is InChI=1S/C9H9NOS/c11-8-3-6-12-9(8)7-1-4-10-5-2-7/h1-2,4-5,9H,3,6H2. The van der Waals surface area contributed by atoms with E-state index in [2.05, 4.69) is 4.98 Å². The van der Waals surface area contributed by atoms with Crippen molar-refractivity contribution in [2.45, 2.75) is 11.7 Å². The lowest BCUT2D eigenvalue weighted by Gasteiger charge is -2.05. The van der Waals surface area contributed by atoms with Crippen LogP contribution in [0.4, 0.5) is 0 Å². The lowest BCUT2D eigenvalue weighted by atomic mass is 10.1. The topological polar surface area (TPSA) is 30.0 Å². The molecule has 0 radical (unpaired) electrons. The minimum atomic E-state index is 0.0769.